The Morgan fingerprint density at radius 1 is 1.10 bits per heavy atom. The summed E-state index contributed by atoms with van der Waals surface area (Å²) in [6, 6.07) is 0.387. The van der Waals surface area contributed by atoms with Gasteiger partial charge in [0.1, 0.15) is 11.5 Å². The molecule has 224 valence electrons. The lowest BCUT2D eigenvalue weighted by Crippen LogP contribution is -2.52. The molecule has 0 amide bonds. The van der Waals surface area contributed by atoms with Crippen molar-refractivity contribution in [2.75, 3.05) is 13.1 Å². The number of hydrogen-bond donors (Lipinski definition) is 9. The molecule has 0 aliphatic carbocycles. The lowest BCUT2D eigenvalue weighted by Gasteiger charge is -2.35. The molecule has 2 unspecified atom stereocenters. The summed E-state index contributed by atoms with van der Waals surface area (Å²) in [5.74, 6) is -6.19. The number of hydrogen-bond acceptors (Lipinski definition) is 13. The maximum absolute atomic E-state index is 13.6. The molecular weight excluding hydrogens is 560 g/mol. The van der Waals surface area contributed by atoms with Crippen LogP contribution in [0.25, 0.3) is 6.08 Å². The van der Waals surface area contributed by atoms with Gasteiger partial charge in [0.25, 0.3) is 5.79 Å². The zero-order valence-electron chi connectivity index (χ0n) is 19.8. The van der Waals surface area contributed by atoms with Gasteiger partial charge in [-0.25, -0.2) is 21.8 Å². The van der Waals surface area contributed by atoms with Gasteiger partial charge in [0.2, 0.25) is 12.4 Å². The molecule has 2 aliphatic rings. The first-order chi connectivity index (χ1) is 17.8. The highest BCUT2D eigenvalue weighted by atomic mass is 19.4. The third-order valence-electron chi connectivity index (χ3n) is 4.70. The summed E-state index contributed by atoms with van der Waals surface area (Å²) >= 11 is 0. The molecule has 1 aromatic carbocycles. The fraction of sp³-hybridized carbons (Fsp3) is 0.526. The number of aliphatic hydroxyl groups is 5. The molecule has 3 rings (SSSR count). The minimum Gasteiger partial charge on any atom is -0.475 e. The predicted octanol–water partition coefficient (Wildman–Crippen LogP) is -1.56. The molecule has 0 bridgehead atoms. The molecule has 0 aromatic heterocycles. The van der Waals surface area contributed by atoms with E-state index in [1.807, 2.05) is 0 Å². The van der Waals surface area contributed by atoms with Crippen molar-refractivity contribution in [2.45, 2.75) is 50.0 Å². The molecule has 20 heteroatoms. The van der Waals surface area contributed by atoms with Crippen LogP contribution in [0.2, 0.25) is 0 Å². The first kappa shape index (κ1) is 34.2. The quantitative estimate of drug-likeness (QED) is 0.0794. The first-order valence-corrected chi connectivity index (χ1v) is 10.4. The number of halogens is 6. The van der Waals surface area contributed by atoms with Crippen molar-refractivity contribution >= 4 is 12.0 Å². The molecule has 0 radical (unpaired) electrons. The second-order valence-corrected chi connectivity index (χ2v) is 7.60. The van der Waals surface area contributed by atoms with Crippen molar-refractivity contribution in [3.8, 4) is 11.5 Å². The van der Waals surface area contributed by atoms with Crippen molar-refractivity contribution in [2.24, 2.45) is 5.90 Å². The maximum Gasteiger partial charge on any atom is 0.573 e. The minimum absolute atomic E-state index is 0.0126. The number of nitrogens with one attached hydrogen (secondary N) is 1. The van der Waals surface area contributed by atoms with Gasteiger partial charge in [0.15, 0.2) is 0 Å². The molecule has 1 fully saturated rings. The molecular formula is C19H26F6N3O11+. The lowest BCUT2D eigenvalue weighted by atomic mass is 9.94. The average molecular weight is 586 g/mol. The Kier molecular flexibility index (Phi) is 11.4. The fourth-order valence-electron chi connectivity index (χ4n) is 2.75. The van der Waals surface area contributed by atoms with Gasteiger partial charge in [-0.1, -0.05) is 0 Å². The van der Waals surface area contributed by atoms with Crippen LogP contribution < -0.4 is 26.6 Å². The fourth-order valence-corrected chi connectivity index (χ4v) is 2.75. The van der Waals surface area contributed by atoms with Crippen LogP contribution in [0, 0.1) is 0 Å². The van der Waals surface area contributed by atoms with Crippen LogP contribution >= 0.6 is 0 Å². The van der Waals surface area contributed by atoms with E-state index in [9.17, 15) is 56.7 Å². The Morgan fingerprint density at radius 3 is 2.00 bits per heavy atom. The topological polar surface area (TPSA) is 241 Å². The monoisotopic (exact) mass is 586 g/mol. The summed E-state index contributed by atoms with van der Waals surface area (Å²) in [5, 5.41) is 57.1. The van der Waals surface area contributed by atoms with Gasteiger partial charge in [-0.05, 0) is 44.6 Å². The molecule has 0 saturated carbocycles. The van der Waals surface area contributed by atoms with Gasteiger partial charge < -0.3 is 45.1 Å². The zero-order valence-corrected chi connectivity index (χ0v) is 19.8. The molecule has 2 atom stereocenters. The number of carbonyl (C=O) groups is 1. The zero-order chi connectivity index (χ0) is 30.4. The highest BCUT2D eigenvalue weighted by Crippen LogP contribution is 2.46. The number of alkyl halides is 6. The number of fused-ring (bicyclic) bond motifs is 1. The van der Waals surface area contributed by atoms with E-state index in [2.05, 4.69) is 30.3 Å². The predicted molar refractivity (Wildman–Crippen MR) is 110 cm³/mol. The summed E-state index contributed by atoms with van der Waals surface area (Å²) in [4.78, 5) is 16.2. The highest BCUT2D eigenvalue weighted by molar-refractivity contribution is 5.96. The van der Waals surface area contributed by atoms with E-state index in [1.54, 1.807) is 0 Å². The molecule has 2 heterocycles. The number of esters is 1. The van der Waals surface area contributed by atoms with Gasteiger partial charge >= 0.3 is 24.5 Å². The van der Waals surface area contributed by atoms with Crippen molar-refractivity contribution in [3.63, 3.8) is 0 Å². The second-order valence-electron chi connectivity index (χ2n) is 7.60. The largest absolute Gasteiger partial charge is 0.573 e. The van der Waals surface area contributed by atoms with Crippen LogP contribution in [0.5, 0.6) is 11.5 Å². The SMILES string of the molecule is C1CNC1.CC(ON)OC(=O)C1=Cc2cc(OC(F)(F)F)cc(C(O)(O)C(O)(O)O)c2OC1C(F)(F)F.[NH3+]O. The number of carbonyl (C=O) groups excluding carboxylic acids is 1. The second kappa shape index (κ2) is 13.0. The Bertz CT molecular complexity index is 1000. The van der Waals surface area contributed by atoms with Crippen LogP contribution in [0.4, 0.5) is 26.3 Å². The Labute approximate surface area is 214 Å². The van der Waals surface area contributed by atoms with Crippen molar-refractivity contribution < 1.29 is 86.8 Å². The van der Waals surface area contributed by atoms with E-state index in [1.165, 1.54) is 19.5 Å². The summed E-state index contributed by atoms with van der Waals surface area (Å²) in [6.45, 7) is 3.52. The van der Waals surface area contributed by atoms with Gasteiger partial charge in [0, 0.05) is 5.56 Å². The molecule has 12 N–H and O–H groups in total. The minimum atomic E-state index is -5.41. The molecule has 0 spiro atoms. The van der Waals surface area contributed by atoms with Gasteiger partial charge in [0.05, 0.1) is 11.1 Å². The summed E-state index contributed by atoms with van der Waals surface area (Å²) in [7, 11) is 0. The molecule has 2 aliphatic heterocycles. The standard InChI is InChI=1S/C16H15F6NO10.C3H7N.H4NO/c1-5(33-23)30-12(24)8-3-6-2-7(32-16(20,21)22)4-9(13(25,26)15(27,28)29)10(6)31-11(8)14(17,18)19;1-2-4-3-1;1-2/h2-5,11,25-29H,23H2,1H3;4H,1-3H2;2H,1H3/q;;+1. The van der Waals surface area contributed by atoms with E-state index < -0.39 is 70.9 Å². The van der Waals surface area contributed by atoms with E-state index in [0.717, 1.165) is 6.92 Å². The number of nitrogens with two attached hydrogens (primary N) is 1. The third kappa shape index (κ3) is 9.13. The summed E-state index contributed by atoms with van der Waals surface area (Å²) in [6.07, 6.45) is -13.9. The maximum atomic E-state index is 13.6. The summed E-state index contributed by atoms with van der Waals surface area (Å²) < 4.78 is 91.2. The number of rotatable bonds is 6. The molecule has 14 nitrogen and oxygen atoms in total. The van der Waals surface area contributed by atoms with Gasteiger partial charge in [-0.3, -0.25) is 4.84 Å². The van der Waals surface area contributed by atoms with Crippen LogP contribution in [0.3, 0.4) is 0 Å². The molecule has 1 saturated heterocycles. The van der Waals surface area contributed by atoms with Crippen LogP contribution in [0.15, 0.2) is 17.7 Å². The Morgan fingerprint density at radius 2 is 1.62 bits per heavy atom. The number of quaternary nitrogens is 1. The normalized spacial score (nSPS) is 17.9. The highest BCUT2D eigenvalue weighted by Gasteiger charge is 2.54. The number of ether oxygens (including phenoxy) is 3. The van der Waals surface area contributed by atoms with Crippen molar-refractivity contribution in [1.29, 1.82) is 0 Å². The van der Waals surface area contributed by atoms with Crippen molar-refractivity contribution in [1.82, 2.24) is 5.32 Å². The lowest BCUT2D eigenvalue weighted by molar-refractivity contribution is -0.670. The molecule has 39 heavy (non-hydrogen) atoms. The van der Waals surface area contributed by atoms with Crippen LogP contribution in [-0.4, -0.2) is 80.7 Å². The smallest absolute Gasteiger partial charge is 0.475 e. The number of benzene rings is 1. The van der Waals surface area contributed by atoms with Gasteiger partial charge in [-0.15, -0.1) is 13.2 Å². The summed E-state index contributed by atoms with van der Waals surface area (Å²) in [5.41, 5.74) is -3.79. The Balaban J connectivity index is 0.00000113. The Hall–Kier alpha value is -2.79. The van der Waals surface area contributed by atoms with E-state index in [-0.39, 0.29) is 6.07 Å². The van der Waals surface area contributed by atoms with Crippen molar-refractivity contribution in [3.05, 3.63) is 28.8 Å². The van der Waals surface area contributed by atoms with Crippen LogP contribution in [0.1, 0.15) is 24.5 Å². The first-order valence-electron chi connectivity index (χ1n) is 10.4. The van der Waals surface area contributed by atoms with Gasteiger partial charge in [-0.2, -0.15) is 13.2 Å². The van der Waals surface area contributed by atoms with E-state index in [4.69, 9.17) is 11.1 Å². The van der Waals surface area contributed by atoms with E-state index in [0.29, 0.717) is 12.1 Å². The molecule has 1 aromatic rings. The third-order valence-corrected chi connectivity index (χ3v) is 4.70. The van der Waals surface area contributed by atoms with E-state index >= 15 is 0 Å². The van der Waals surface area contributed by atoms with Crippen LogP contribution in [-0.2, 0) is 20.2 Å². The average Bonchev–Trinajstić information content (AvgIpc) is 2.75.